The van der Waals surface area contributed by atoms with Gasteiger partial charge in [0.25, 0.3) is 5.91 Å². The highest BCUT2D eigenvalue weighted by molar-refractivity contribution is 9.10. The summed E-state index contributed by atoms with van der Waals surface area (Å²) in [4.78, 5) is 22.3. The minimum Gasteiger partial charge on any atom is -0.436 e. The highest BCUT2D eigenvalue weighted by Gasteiger charge is 2.30. The molecule has 28 heavy (non-hydrogen) atoms. The van der Waals surface area contributed by atoms with Crippen molar-refractivity contribution in [1.29, 1.82) is 0 Å². The fourth-order valence-electron chi connectivity index (χ4n) is 3.11. The number of fused-ring (bicyclic) bond motifs is 1. The largest absolute Gasteiger partial charge is 0.436 e. The zero-order valence-corrected chi connectivity index (χ0v) is 18.4. The van der Waals surface area contributed by atoms with Crippen molar-refractivity contribution in [3.63, 3.8) is 0 Å². The van der Waals surface area contributed by atoms with Gasteiger partial charge in [0.05, 0.1) is 20.9 Å². The van der Waals surface area contributed by atoms with Crippen LogP contribution >= 0.6 is 38.9 Å². The van der Waals surface area contributed by atoms with Crippen LogP contribution in [-0.4, -0.2) is 31.0 Å². The third kappa shape index (κ3) is 3.62. The molecule has 0 bridgehead atoms. The summed E-state index contributed by atoms with van der Waals surface area (Å²) in [5.41, 5.74) is 1.92. The van der Waals surface area contributed by atoms with Crippen LogP contribution in [0.4, 0.5) is 11.4 Å². The van der Waals surface area contributed by atoms with Crippen molar-refractivity contribution in [3.8, 4) is 11.6 Å². The molecule has 3 aromatic rings. The lowest BCUT2D eigenvalue weighted by atomic mass is 10.1. The number of rotatable bonds is 3. The third-order valence-corrected chi connectivity index (χ3v) is 6.32. The Morgan fingerprint density at radius 1 is 1.21 bits per heavy atom. The molecule has 0 saturated heterocycles. The highest BCUT2D eigenvalue weighted by atomic mass is 79.9. The summed E-state index contributed by atoms with van der Waals surface area (Å²) in [7, 11) is 2.03. The maximum absolute atomic E-state index is 13.4. The molecule has 0 aliphatic carbocycles. The Bertz CT molecular complexity index is 1060. The van der Waals surface area contributed by atoms with Crippen LogP contribution in [0.15, 0.2) is 46.9 Å². The average Bonchev–Trinajstić information content (AvgIpc) is 3.05. The lowest BCUT2D eigenvalue weighted by Crippen LogP contribution is -2.42. The fourth-order valence-corrected chi connectivity index (χ4v) is 4.40. The van der Waals surface area contributed by atoms with Crippen LogP contribution in [0.1, 0.15) is 14.7 Å². The van der Waals surface area contributed by atoms with Gasteiger partial charge in [-0.05, 0) is 47.1 Å². The number of hydrogen-bond donors (Lipinski definition) is 0. The van der Waals surface area contributed by atoms with Gasteiger partial charge in [0.1, 0.15) is 5.75 Å². The topological polar surface area (TPSA) is 45.7 Å². The smallest absolute Gasteiger partial charge is 0.274 e. The van der Waals surface area contributed by atoms with Gasteiger partial charge >= 0.3 is 0 Å². The molecule has 1 aliphatic heterocycles. The number of thiazole rings is 1. The van der Waals surface area contributed by atoms with E-state index in [9.17, 15) is 4.79 Å². The predicted molar refractivity (Wildman–Crippen MR) is 117 cm³/mol. The number of likely N-dealkylation sites (N-methyl/N-ethyl adjacent to an activating group) is 1. The Kier molecular flexibility index (Phi) is 5.31. The van der Waals surface area contributed by atoms with Crippen LogP contribution in [0.25, 0.3) is 0 Å². The number of amides is 1. The summed E-state index contributed by atoms with van der Waals surface area (Å²) < 4.78 is 6.71. The molecule has 2 heterocycles. The summed E-state index contributed by atoms with van der Waals surface area (Å²) in [6.07, 6.45) is 0. The number of anilines is 2. The summed E-state index contributed by atoms with van der Waals surface area (Å²) in [5, 5.41) is 1.31. The number of hydrogen-bond acceptors (Lipinski definition) is 5. The Morgan fingerprint density at radius 3 is 2.75 bits per heavy atom. The second-order valence-corrected chi connectivity index (χ2v) is 8.90. The van der Waals surface area contributed by atoms with E-state index < -0.39 is 0 Å². The molecule has 0 saturated carbocycles. The van der Waals surface area contributed by atoms with Gasteiger partial charge in [0, 0.05) is 31.2 Å². The number of carbonyl (C=O) groups is 1. The van der Waals surface area contributed by atoms with E-state index in [2.05, 4.69) is 25.8 Å². The van der Waals surface area contributed by atoms with Crippen molar-refractivity contribution in [2.75, 3.05) is 29.9 Å². The summed E-state index contributed by atoms with van der Waals surface area (Å²) in [5.74, 6) is 0.705. The Labute approximate surface area is 180 Å². The Balaban J connectivity index is 1.70. The second kappa shape index (κ2) is 7.73. The van der Waals surface area contributed by atoms with Gasteiger partial charge in [-0.15, -0.1) is 11.3 Å². The number of ether oxygens (including phenoxy) is 1. The Morgan fingerprint density at radius 2 is 1.96 bits per heavy atom. The zero-order chi connectivity index (χ0) is 19.8. The van der Waals surface area contributed by atoms with Crippen LogP contribution in [0.5, 0.6) is 11.6 Å². The molecular formula is C20H17BrClN3O2S. The van der Waals surface area contributed by atoms with Gasteiger partial charge in [-0.25, -0.2) is 4.98 Å². The lowest BCUT2D eigenvalue weighted by molar-refractivity contribution is 0.0988. The van der Waals surface area contributed by atoms with E-state index in [1.807, 2.05) is 38.2 Å². The molecule has 1 amide bonds. The van der Waals surface area contributed by atoms with Crippen molar-refractivity contribution in [3.05, 3.63) is 61.8 Å². The molecule has 1 aromatic heterocycles. The van der Waals surface area contributed by atoms with Crippen LogP contribution in [0, 0.1) is 6.92 Å². The first-order chi connectivity index (χ1) is 13.4. The first-order valence-electron chi connectivity index (χ1n) is 8.66. The number of aromatic nitrogens is 1. The maximum atomic E-state index is 13.4. The maximum Gasteiger partial charge on any atom is 0.274 e. The monoisotopic (exact) mass is 477 g/mol. The van der Waals surface area contributed by atoms with Crippen molar-refractivity contribution in [2.45, 2.75) is 6.92 Å². The minimum absolute atomic E-state index is 0.112. The van der Waals surface area contributed by atoms with E-state index in [-0.39, 0.29) is 5.91 Å². The quantitative estimate of drug-likeness (QED) is 0.480. The number of carbonyl (C=O) groups excluding carboxylic acids is 1. The van der Waals surface area contributed by atoms with Gasteiger partial charge in [-0.2, -0.15) is 0 Å². The summed E-state index contributed by atoms with van der Waals surface area (Å²) in [6.45, 7) is 3.22. The van der Waals surface area contributed by atoms with Gasteiger partial charge in [0.15, 0.2) is 4.88 Å². The van der Waals surface area contributed by atoms with Crippen molar-refractivity contribution in [1.82, 2.24) is 4.98 Å². The van der Waals surface area contributed by atoms with E-state index in [1.54, 1.807) is 23.1 Å². The number of benzene rings is 2. The molecule has 2 aromatic carbocycles. The normalized spacial score (nSPS) is 13.4. The van der Waals surface area contributed by atoms with E-state index in [4.69, 9.17) is 16.3 Å². The molecule has 5 nitrogen and oxygen atoms in total. The summed E-state index contributed by atoms with van der Waals surface area (Å²) >= 11 is 10.9. The van der Waals surface area contributed by atoms with Crippen LogP contribution in [0.3, 0.4) is 0 Å². The van der Waals surface area contributed by atoms with Gasteiger partial charge < -0.3 is 14.5 Å². The first kappa shape index (κ1) is 19.2. The van der Waals surface area contributed by atoms with E-state index in [0.717, 1.165) is 27.4 Å². The summed E-state index contributed by atoms with van der Waals surface area (Å²) in [6, 6.07) is 13.2. The van der Waals surface area contributed by atoms with Crippen LogP contribution in [0.2, 0.25) is 5.02 Å². The third-order valence-electron chi connectivity index (χ3n) is 4.49. The number of nitrogens with zero attached hydrogens (tertiary/aromatic N) is 3. The van der Waals surface area contributed by atoms with E-state index in [0.29, 0.717) is 28.1 Å². The Hall–Kier alpha value is -2.09. The predicted octanol–water partition coefficient (Wildman–Crippen LogP) is 5.76. The highest BCUT2D eigenvalue weighted by Crippen LogP contribution is 2.38. The van der Waals surface area contributed by atoms with E-state index >= 15 is 0 Å². The molecule has 0 unspecified atom stereocenters. The minimum atomic E-state index is -0.112. The average molecular weight is 479 g/mol. The SMILES string of the molecule is Cc1nc(Oc2cc(Cl)ccc2Br)c(C(=O)N2CCN(C)c3ccccc32)s1. The second-order valence-electron chi connectivity index (χ2n) is 6.41. The molecule has 0 atom stereocenters. The van der Waals surface area contributed by atoms with Crippen molar-refractivity contribution in [2.24, 2.45) is 0 Å². The van der Waals surface area contributed by atoms with Gasteiger partial charge in [-0.1, -0.05) is 23.7 Å². The standard InChI is InChI=1S/C20H17BrClN3O2S/c1-12-23-19(27-17-11-13(22)7-8-14(17)21)18(28-12)20(26)25-10-9-24(2)15-5-3-4-6-16(15)25/h3-8,11H,9-10H2,1-2H3. The number of halogens is 2. The number of aryl methyl sites for hydroxylation is 1. The van der Waals surface area contributed by atoms with Crippen molar-refractivity contribution < 1.29 is 9.53 Å². The molecule has 4 rings (SSSR count). The fraction of sp³-hybridized carbons (Fsp3) is 0.200. The van der Waals surface area contributed by atoms with Gasteiger partial charge in [0.2, 0.25) is 5.88 Å². The lowest BCUT2D eigenvalue weighted by Gasteiger charge is -2.35. The molecular weight excluding hydrogens is 462 g/mol. The molecule has 0 radical (unpaired) electrons. The van der Waals surface area contributed by atoms with Gasteiger partial charge in [-0.3, -0.25) is 4.79 Å². The number of para-hydroxylation sites is 2. The molecule has 0 spiro atoms. The molecule has 0 N–H and O–H groups in total. The van der Waals surface area contributed by atoms with E-state index in [1.165, 1.54) is 11.3 Å². The van der Waals surface area contributed by atoms with Crippen LogP contribution in [-0.2, 0) is 0 Å². The zero-order valence-electron chi connectivity index (χ0n) is 15.3. The molecule has 0 fully saturated rings. The molecule has 144 valence electrons. The van der Waals surface area contributed by atoms with Crippen molar-refractivity contribution >= 4 is 56.1 Å². The molecule has 1 aliphatic rings. The van der Waals surface area contributed by atoms with Crippen LogP contribution < -0.4 is 14.5 Å². The molecule has 8 heteroatoms. The first-order valence-corrected chi connectivity index (χ1v) is 10.6.